The monoisotopic (exact) mass is 345 g/mol. The van der Waals surface area contributed by atoms with Crippen LogP contribution in [0.5, 0.6) is 0 Å². The second-order valence-corrected chi connectivity index (χ2v) is 5.77. The number of aromatic amines is 1. The fraction of sp³-hybridized carbons (Fsp3) is 0.0625. The van der Waals surface area contributed by atoms with Gasteiger partial charge in [0.05, 0.1) is 11.3 Å². The number of anilines is 1. The molecule has 3 nitrogen and oxygen atoms in total. The molecule has 0 unspecified atom stereocenters. The normalized spacial score (nSPS) is 10.8. The molecule has 106 valence electrons. The smallest absolute Gasteiger partial charge is 0.153 e. The van der Waals surface area contributed by atoms with E-state index in [9.17, 15) is 4.39 Å². The van der Waals surface area contributed by atoms with Crippen molar-refractivity contribution in [2.45, 2.75) is 6.92 Å². The first-order valence-electron chi connectivity index (χ1n) is 6.42. The van der Waals surface area contributed by atoms with Crippen molar-refractivity contribution >= 4 is 21.7 Å². The Morgan fingerprint density at radius 2 is 1.95 bits per heavy atom. The lowest BCUT2D eigenvalue weighted by atomic mass is 9.99. The summed E-state index contributed by atoms with van der Waals surface area (Å²) in [5.74, 6) is -0.0358. The molecule has 3 aromatic rings. The van der Waals surface area contributed by atoms with E-state index in [2.05, 4.69) is 26.1 Å². The molecule has 0 saturated heterocycles. The van der Waals surface area contributed by atoms with Gasteiger partial charge in [-0.3, -0.25) is 5.10 Å². The Morgan fingerprint density at radius 1 is 1.19 bits per heavy atom. The van der Waals surface area contributed by atoms with Crippen molar-refractivity contribution < 1.29 is 4.39 Å². The molecule has 0 aliphatic carbocycles. The van der Waals surface area contributed by atoms with E-state index in [1.807, 2.05) is 25.1 Å². The van der Waals surface area contributed by atoms with Gasteiger partial charge in [-0.05, 0) is 36.8 Å². The summed E-state index contributed by atoms with van der Waals surface area (Å²) in [7, 11) is 0. The minimum atomic E-state index is -0.321. The van der Waals surface area contributed by atoms with Crippen LogP contribution in [0.2, 0.25) is 0 Å². The van der Waals surface area contributed by atoms with E-state index in [0.717, 1.165) is 15.6 Å². The van der Waals surface area contributed by atoms with Gasteiger partial charge < -0.3 is 5.73 Å². The molecule has 3 rings (SSSR count). The number of aromatic nitrogens is 2. The van der Waals surface area contributed by atoms with Gasteiger partial charge in [0.25, 0.3) is 0 Å². The number of benzene rings is 2. The van der Waals surface area contributed by atoms with Gasteiger partial charge in [0.2, 0.25) is 0 Å². The average molecular weight is 346 g/mol. The van der Waals surface area contributed by atoms with Gasteiger partial charge in [-0.1, -0.05) is 34.1 Å². The molecule has 3 N–H and O–H groups in total. The predicted molar refractivity (Wildman–Crippen MR) is 86.3 cm³/mol. The second-order valence-electron chi connectivity index (χ2n) is 4.86. The first-order valence-corrected chi connectivity index (χ1v) is 7.22. The third kappa shape index (κ3) is 2.56. The Hall–Kier alpha value is -2.14. The molecule has 0 bridgehead atoms. The lowest BCUT2D eigenvalue weighted by Crippen LogP contribution is -1.91. The summed E-state index contributed by atoms with van der Waals surface area (Å²) in [5, 5.41) is 6.95. The Morgan fingerprint density at radius 3 is 2.67 bits per heavy atom. The van der Waals surface area contributed by atoms with E-state index in [0.29, 0.717) is 16.8 Å². The van der Waals surface area contributed by atoms with E-state index in [1.54, 1.807) is 18.2 Å². The lowest BCUT2D eigenvalue weighted by molar-refractivity contribution is 0.631. The van der Waals surface area contributed by atoms with Crippen molar-refractivity contribution in [2.75, 3.05) is 5.73 Å². The largest absolute Gasteiger partial charge is 0.382 e. The van der Waals surface area contributed by atoms with Gasteiger partial charge >= 0.3 is 0 Å². The third-order valence-electron chi connectivity index (χ3n) is 3.27. The summed E-state index contributed by atoms with van der Waals surface area (Å²) < 4.78 is 15.0. The summed E-state index contributed by atoms with van der Waals surface area (Å²) in [6.07, 6.45) is 0. The zero-order chi connectivity index (χ0) is 15.0. The number of hydrogen-bond donors (Lipinski definition) is 2. The highest BCUT2D eigenvalue weighted by Gasteiger charge is 2.17. The topological polar surface area (TPSA) is 54.7 Å². The number of H-pyrrole nitrogens is 1. The summed E-state index contributed by atoms with van der Waals surface area (Å²) in [5.41, 5.74) is 9.67. The van der Waals surface area contributed by atoms with Crippen LogP contribution in [0.1, 0.15) is 5.56 Å². The zero-order valence-electron chi connectivity index (χ0n) is 11.3. The number of halogens is 2. The fourth-order valence-corrected chi connectivity index (χ4v) is 2.99. The SMILES string of the molecule is Cc1cc(Br)cc(-c2[nH]nc(N)c2-c2ccccc2F)c1. The Bertz CT molecular complexity index is 791. The van der Waals surface area contributed by atoms with Gasteiger partial charge in [0.15, 0.2) is 5.82 Å². The van der Waals surface area contributed by atoms with Crippen LogP contribution in [0.15, 0.2) is 46.9 Å². The molecule has 21 heavy (non-hydrogen) atoms. The van der Waals surface area contributed by atoms with Crippen molar-refractivity contribution in [1.82, 2.24) is 10.2 Å². The molecule has 0 spiro atoms. The number of nitrogens with one attached hydrogen (secondary N) is 1. The number of nitrogens with zero attached hydrogens (tertiary/aromatic N) is 1. The van der Waals surface area contributed by atoms with Crippen LogP contribution in [0.3, 0.4) is 0 Å². The summed E-state index contributed by atoms with van der Waals surface area (Å²) >= 11 is 3.47. The molecule has 1 aromatic heterocycles. The highest BCUT2D eigenvalue weighted by molar-refractivity contribution is 9.10. The minimum Gasteiger partial charge on any atom is -0.382 e. The molecular formula is C16H13BrFN3. The predicted octanol–water partition coefficient (Wildman–Crippen LogP) is 4.54. The van der Waals surface area contributed by atoms with Crippen molar-refractivity contribution in [2.24, 2.45) is 0 Å². The van der Waals surface area contributed by atoms with E-state index in [1.165, 1.54) is 6.07 Å². The molecule has 0 saturated carbocycles. The van der Waals surface area contributed by atoms with Crippen molar-refractivity contribution in [1.29, 1.82) is 0 Å². The fourth-order valence-electron chi connectivity index (χ4n) is 2.38. The maximum atomic E-state index is 14.1. The number of nitrogen functional groups attached to an aromatic ring is 1. The molecule has 0 atom stereocenters. The second kappa shape index (κ2) is 5.33. The molecule has 0 aliphatic rings. The van der Waals surface area contributed by atoms with E-state index in [-0.39, 0.29) is 11.6 Å². The van der Waals surface area contributed by atoms with Crippen molar-refractivity contribution in [3.63, 3.8) is 0 Å². The van der Waals surface area contributed by atoms with Crippen molar-refractivity contribution in [3.05, 3.63) is 58.3 Å². The van der Waals surface area contributed by atoms with Gasteiger partial charge in [-0.2, -0.15) is 5.10 Å². The molecule has 0 amide bonds. The number of aryl methyl sites for hydroxylation is 1. The Labute approximate surface area is 130 Å². The van der Waals surface area contributed by atoms with E-state index in [4.69, 9.17) is 5.73 Å². The quantitative estimate of drug-likeness (QED) is 0.716. The maximum Gasteiger partial charge on any atom is 0.153 e. The Kier molecular flexibility index (Phi) is 3.51. The molecule has 5 heteroatoms. The number of hydrogen-bond acceptors (Lipinski definition) is 2. The van der Waals surface area contributed by atoms with Gasteiger partial charge in [-0.15, -0.1) is 0 Å². The standard InChI is InChI=1S/C16H13BrFN3/c1-9-6-10(8-11(17)7-9)15-14(16(19)21-20-15)12-4-2-3-5-13(12)18/h2-8H,1H3,(H3,19,20,21). The molecule has 0 fully saturated rings. The van der Waals surface area contributed by atoms with Crippen LogP contribution >= 0.6 is 15.9 Å². The van der Waals surface area contributed by atoms with Gasteiger partial charge in [-0.25, -0.2) is 4.39 Å². The zero-order valence-corrected chi connectivity index (χ0v) is 12.9. The van der Waals surface area contributed by atoms with Crippen LogP contribution in [0, 0.1) is 12.7 Å². The summed E-state index contributed by atoms with van der Waals surface area (Å²) in [6, 6.07) is 12.5. The minimum absolute atomic E-state index is 0.285. The van der Waals surface area contributed by atoms with E-state index >= 15 is 0 Å². The van der Waals surface area contributed by atoms with E-state index < -0.39 is 0 Å². The lowest BCUT2D eigenvalue weighted by Gasteiger charge is -2.07. The van der Waals surface area contributed by atoms with Gasteiger partial charge in [0.1, 0.15) is 5.82 Å². The molecule has 0 aliphatic heterocycles. The molecule has 0 radical (unpaired) electrons. The van der Waals surface area contributed by atoms with Crippen molar-refractivity contribution in [3.8, 4) is 22.4 Å². The van der Waals surface area contributed by atoms with Crippen LogP contribution in [0.4, 0.5) is 10.2 Å². The van der Waals surface area contributed by atoms with Crippen LogP contribution < -0.4 is 5.73 Å². The summed E-state index contributed by atoms with van der Waals surface area (Å²) in [4.78, 5) is 0. The van der Waals surface area contributed by atoms with Crippen LogP contribution in [0.25, 0.3) is 22.4 Å². The van der Waals surface area contributed by atoms with Crippen LogP contribution in [-0.4, -0.2) is 10.2 Å². The summed E-state index contributed by atoms with van der Waals surface area (Å²) in [6.45, 7) is 2.00. The Balaban J connectivity index is 2.24. The van der Waals surface area contributed by atoms with Crippen LogP contribution in [-0.2, 0) is 0 Å². The number of nitrogens with two attached hydrogens (primary N) is 1. The first-order chi connectivity index (χ1) is 10.1. The molecule has 1 heterocycles. The average Bonchev–Trinajstić information content (AvgIpc) is 2.80. The highest BCUT2D eigenvalue weighted by Crippen LogP contribution is 2.37. The number of rotatable bonds is 2. The molecule has 2 aromatic carbocycles. The highest BCUT2D eigenvalue weighted by atomic mass is 79.9. The first kappa shape index (κ1) is 13.8. The molecular weight excluding hydrogens is 333 g/mol. The third-order valence-corrected chi connectivity index (χ3v) is 3.73. The maximum absolute atomic E-state index is 14.1. The van der Waals surface area contributed by atoms with Gasteiger partial charge in [0, 0.05) is 15.6 Å².